The zero-order chi connectivity index (χ0) is 21.6. The average molecular weight is 460 g/mol. The summed E-state index contributed by atoms with van der Waals surface area (Å²) in [7, 11) is -2.65. The van der Waals surface area contributed by atoms with Crippen molar-refractivity contribution in [3.8, 4) is 5.75 Å². The number of carbonyl (C=O) groups excluding carboxylic acids is 2. The maximum atomic E-state index is 12.5. The van der Waals surface area contributed by atoms with Gasteiger partial charge in [0.15, 0.2) is 11.5 Å². The van der Waals surface area contributed by atoms with Crippen LogP contribution in [0.2, 0.25) is 10.0 Å². The van der Waals surface area contributed by atoms with Crippen LogP contribution in [0.5, 0.6) is 5.75 Å². The topological polar surface area (TPSA) is 90.0 Å². The van der Waals surface area contributed by atoms with Crippen LogP contribution in [0.25, 0.3) is 0 Å². The Morgan fingerprint density at radius 1 is 1.00 bits per heavy atom. The number of ether oxygens (including phenoxy) is 2. The highest BCUT2D eigenvalue weighted by Gasteiger charge is 2.23. The summed E-state index contributed by atoms with van der Waals surface area (Å²) in [5.74, 6) is -0.642. The van der Waals surface area contributed by atoms with E-state index in [-0.39, 0.29) is 29.6 Å². The molecule has 0 N–H and O–H groups in total. The van der Waals surface area contributed by atoms with Crippen LogP contribution in [0.1, 0.15) is 17.3 Å². The number of benzene rings is 2. The van der Waals surface area contributed by atoms with Crippen molar-refractivity contribution in [1.29, 1.82) is 0 Å². The Labute approximate surface area is 179 Å². The number of likely N-dealkylation sites (N-methyl/N-ethyl adjacent to an activating group) is 1. The van der Waals surface area contributed by atoms with Crippen molar-refractivity contribution in [3.05, 3.63) is 58.1 Å². The Kier molecular flexibility index (Phi) is 8.04. The molecule has 29 heavy (non-hydrogen) atoms. The maximum absolute atomic E-state index is 12.5. The fourth-order valence-corrected chi connectivity index (χ4v) is 3.90. The maximum Gasteiger partial charge on any atom is 0.321 e. The predicted molar refractivity (Wildman–Crippen MR) is 109 cm³/mol. The van der Waals surface area contributed by atoms with E-state index in [1.54, 1.807) is 18.2 Å². The monoisotopic (exact) mass is 459 g/mol. The summed E-state index contributed by atoms with van der Waals surface area (Å²) in [6, 6.07) is 10.3. The molecule has 0 aliphatic carbocycles. The third-order valence-electron chi connectivity index (χ3n) is 3.83. The van der Waals surface area contributed by atoms with Gasteiger partial charge < -0.3 is 9.47 Å². The van der Waals surface area contributed by atoms with Crippen LogP contribution in [0.4, 0.5) is 0 Å². The number of rotatable bonds is 9. The zero-order valence-corrected chi connectivity index (χ0v) is 18.1. The highest BCUT2D eigenvalue weighted by molar-refractivity contribution is 7.89. The smallest absolute Gasteiger partial charge is 0.321 e. The van der Waals surface area contributed by atoms with Gasteiger partial charge in [-0.1, -0.05) is 41.4 Å². The Morgan fingerprint density at radius 3 is 2.14 bits per heavy atom. The summed E-state index contributed by atoms with van der Waals surface area (Å²) in [5, 5.41) is 0.649. The van der Waals surface area contributed by atoms with Gasteiger partial charge in [0.05, 0.1) is 14.9 Å². The second kappa shape index (κ2) is 10.1. The van der Waals surface area contributed by atoms with E-state index in [9.17, 15) is 18.0 Å². The Bertz CT molecular complexity index is 972. The van der Waals surface area contributed by atoms with Crippen molar-refractivity contribution in [3.63, 3.8) is 0 Å². The first kappa shape index (κ1) is 23.2. The Morgan fingerprint density at radius 2 is 1.59 bits per heavy atom. The number of Topliss-reactive ketones (excluding diaryl/α,β-unsaturated/α-hetero) is 1. The number of nitrogens with zero attached hydrogens (tertiary/aromatic N) is 1. The minimum atomic E-state index is -3.91. The van der Waals surface area contributed by atoms with E-state index < -0.39 is 22.5 Å². The number of ketones is 1. The van der Waals surface area contributed by atoms with Crippen molar-refractivity contribution in [2.75, 3.05) is 26.8 Å². The molecular formula is C19H19Cl2NO6S. The van der Waals surface area contributed by atoms with Crippen LogP contribution < -0.4 is 4.74 Å². The van der Waals surface area contributed by atoms with Gasteiger partial charge in [0.2, 0.25) is 10.0 Å². The van der Waals surface area contributed by atoms with Crippen LogP contribution in [-0.2, 0) is 19.6 Å². The highest BCUT2D eigenvalue weighted by atomic mass is 35.5. The normalized spacial score (nSPS) is 11.3. The van der Waals surface area contributed by atoms with E-state index in [2.05, 4.69) is 0 Å². The van der Waals surface area contributed by atoms with Gasteiger partial charge in [0.25, 0.3) is 0 Å². The van der Waals surface area contributed by atoms with E-state index in [1.807, 2.05) is 0 Å². The summed E-state index contributed by atoms with van der Waals surface area (Å²) >= 11 is 11.9. The minimum absolute atomic E-state index is 0.00182. The lowest BCUT2D eigenvalue weighted by Gasteiger charge is -2.17. The summed E-state index contributed by atoms with van der Waals surface area (Å²) < 4.78 is 36.3. The molecule has 0 atom stereocenters. The van der Waals surface area contributed by atoms with Gasteiger partial charge in [-0.15, -0.1) is 0 Å². The summed E-state index contributed by atoms with van der Waals surface area (Å²) in [4.78, 5) is 23.2. The number of hydrogen-bond acceptors (Lipinski definition) is 6. The lowest BCUT2D eigenvalue weighted by Crippen LogP contribution is -2.33. The van der Waals surface area contributed by atoms with Gasteiger partial charge in [-0.2, -0.15) is 4.31 Å². The van der Waals surface area contributed by atoms with Crippen molar-refractivity contribution in [2.45, 2.75) is 11.8 Å². The van der Waals surface area contributed by atoms with Crippen molar-refractivity contribution >= 4 is 45.0 Å². The first-order valence-corrected chi connectivity index (χ1v) is 10.6. The number of esters is 1. The van der Waals surface area contributed by atoms with Gasteiger partial charge >= 0.3 is 5.97 Å². The molecule has 0 unspecified atom stereocenters. The first-order chi connectivity index (χ1) is 13.6. The standard InChI is InChI=1S/C19H19Cl2NO6S/c1-13(23)14-6-8-15(9-7-14)29(25,26)22(2)12-18(24)27-10-11-28-19-16(20)4-3-5-17(19)21/h3-9H,10-12H2,1-2H3. The highest BCUT2D eigenvalue weighted by Crippen LogP contribution is 2.32. The molecule has 0 fully saturated rings. The second-order valence-electron chi connectivity index (χ2n) is 5.96. The molecule has 2 aromatic rings. The Hall–Kier alpha value is -2.13. The van der Waals surface area contributed by atoms with Gasteiger partial charge in [-0.05, 0) is 31.2 Å². The first-order valence-electron chi connectivity index (χ1n) is 8.42. The van der Waals surface area contributed by atoms with E-state index in [0.717, 1.165) is 4.31 Å². The SMILES string of the molecule is CC(=O)c1ccc(S(=O)(=O)N(C)CC(=O)OCCOc2c(Cl)cccc2Cl)cc1. The van der Waals surface area contributed by atoms with Crippen LogP contribution in [-0.4, -0.2) is 51.3 Å². The molecule has 0 aliphatic heterocycles. The molecule has 0 amide bonds. The van der Waals surface area contributed by atoms with Crippen LogP contribution >= 0.6 is 23.2 Å². The van der Waals surface area contributed by atoms with E-state index in [1.165, 1.54) is 38.2 Å². The van der Waals surface area contributed by atoms with E-state index in [4.69, 9.17) is 32.7 Å². The largest absolute Gasteiger partial charge is 0.487 e. The molecule has 0 bridgehead atoms. The predicted octanol–water partition coefficient (Wildman–Crippen LogP) is 3.44. The molecule has 0 heterocycles. The van der Waals surface area contributed by atoms with Crippen molar-refractivity contribution in [1.82, 2.24) is 4.31 Å². The lowest BCUT2D eigenvalue weighted by atomic mass is 10.2. The van der Waals surface area contributed by atoms with Crippen LogP contribution in [0.15, 0.2) is 47.4 Å². The molecule has 0 spiro atoms. The Balaban J connectivity index is 1.87. The van der Waals surface area contributed by atoms with Gasteiger partial charge in [0, 0.05) is 12.6 Å². The third-order valence-corrected chi connectivity index (χ3v) is 6.25. The molecular weight excluding hydrogens is 441 g/mol. The molecule has 0 aliphatic rings. The fraction of sp³-hybridized carbons (Fsp3) is 0.263. The van der Waals surface area contributed by atoms with Crippen LogP contribution in [0.3, 0.4) is 0 Å². The summed E-state index contributed by atoms with van der Waals surface area (Å²) in [5.41, 5.74) is 0.393. The number of sulfonamides is 1. The number of para-hydroxylation sites is 1. The van der Waals surface area contributed by atoms with Gasteiger partial charge in [-0.3, -0.25) is 9.59 Å². The molecule has 0 aromatic heterocycles. The van der Waals surface area contributed by atoms with Crippen molar-refractivity contribution < 1.29 is 27.5 Å². The molecule has 2 rings (SSSR count). The molecule has 0 saturated heterocycles. The molecule has 0 saturated carbocycles. The number of carbonyl (C=O) groups is 2. The average Bonchev–Trinajstić information content (AvgIpc) is 2.67. The van der Waals surface area contributed by atoms with E-state index in [0.29, 0.717) is 15.6 Å². The van der Waals surface area contributed by atoms with Gasteiger partial charge in [0.1, 0.15) is 19.8 Å². The number of halogens is 2. The zero-order valence-electron chi connectivity index (χ0n) is 15.7. The quantitative estimate of drug-likeness (QED) is 0.324. The van der Waals surface area contributed by atoms with E-state index >= 15 is 0 Å². The fourth-order valence-electron chi connectivity index (χ4n) is 2.27. The van der Waals surface area contributed by atoms with Crippen LogP contribution in [0, 0.1) is 0 Å². The second-order valence-corrected chi connectivity index (χ2v) is 8.82. The van der Waals surface area contributed by atoms with Crippen molar-refractivity contribution in [2.24, 2.45) is 0 Å². The van der Waals surface area contributed by atoms with Gasteiger partial charge in [-0.25, -0.2) is 8.42 Å². The minimum Gasteiger partial charge on any atom is -0.487 e. The number of hydrogen-bond donors (Lipinski definition) is 0. The summed E-state index contributed by atoms with van der Waals surface area (Å²) in [6.07, 6.45) is 0. The third kappa shape index (κ3) is 6.17. The molecule has 0 radical (unpaired) electrons. The molecule has 7 nitrogen and oxygen atoms in total. The summed E-state index contributed by atoms with van der Waals surface area (Å²) in [6.45, 7) is 0.790. The lowest BCUT2D eigenvalue weighted by molar-refractivity contribution is -0.144. The molecule has 156 valence electrons. The molecule has 10 heteroatoms. The molecule has 2 aromatic carbocycles.